The highest BCUT2D eigenvalue weighted by molar-refractivity contribution is 8.54. The molecule has 0 aromatic rings. The van der Waals surface area contributed by atoms with Crippen molar-refractivity contribution in [3.63, 3.8) is 0 Å². The highest BCUT2D eigenvalue weighted by Gasteiger charge is 2.61. The minimum Gasteiger partial charge on any atom is -0.119 e. The quantitative estimate of drug-likeness (QED) is 0.633. The molecule has 0 radical (unpaired) electrons. The van der Waals surface area contributed by atoms with Gasteiger partial charge in [-0.25, -0.2) is 0 Å². The summed E-state index contributed by atoms with van der Waals surface area (Å²) in [7, 11) is 0. The number of hydrogen-bond acceptors (Lipinski definition) is 5. The van der Waals surface area contributed by atoms with Crippen LogP contribution in [0.2, 0.25) is 0 Å². The summed E-state index contributed by atoms with van der Waals surface area (Å²) in [5, 5.41) is 0. The maximum absolute atomic E-state index is 2.44. The summed E-state index contributed by atoms with van der Waals surface area (Å²) < 4.78 is 2.21. The van der Waals surface area contributed by atoms with Crippen molar-refractivity contribution in [3.05, 3.63) is 0 Å². The van der Waals surface area contributed by atoms with Crippen LogP contribution in [0.5, 0.6) is 0 Å². The molecule has 4 saturated heterocycles. The van der Waals surface area contributed by atoms with E-state index in [2.05, 4.69) is 79.6 Å². The van der Waals surface area contributed by atoms with Crippen LogP contribution in [0.3, 0.4) is 0 Å². The lowest BCUT2D eigenvalue weighted by Gasteiger charge is -2.61. The Morgan fingerprint density at radius 1 is 0.923 bits per heavy atom. The molecule has 0 saturated carbocycles. The standard InChI is InChI=1S/C8H12S5/c1-6-4-5-9-7(2,11-6)13-8(3,10-5)12-6/h5H,4H2,1-3H3/t5?,6?,7-,8+. The van der Waals surface area contributed by atoms with E-state index in [-0.39, 0.29) is 0 Å². The lowest BCUT2D eigenvalue weighted by atomic mass is 10.3. The Balaban J connectivity index is 2.03. The second kappa shape index (κ2) is 2.70. The van der Waals surface area contributed by atoms with Crippen LogP contribution in [0.4, 0.5) is 0 Å². The van der Waals surface area contributed by atoms with Crippen molar-refractivity contribution in [2.24, 2.45) is 0 Å². The average Bonchev–Trinajstić information content (AvgIpc) is 1.71. The van der Waals surface area contributed by atoms with Gasteiger partial charge in [0.25, 0.3) is 0 Å². The first-order valence-electron chi connectivity index (χ1n) is 4.37. The van der Waals surface area contributed by atoms with Crippen LogP contribution in [-0.4, -0.2) is 15.5 Å². The molecule has 2 unspecified atom stereocenters. The van der Waals surface area contributed by atoms with Gasteiger partial charge in [-0.2, -0.15) is 0 Å². The first kappa shape index (κ1) is 9.94. The topological polar surface area (TPSA) is 0 Å². The maximum Gasteiger partial charge on any atom is 0.108 e. The number of hydrogen-bond donors (Lipinski definition) is 0. The van der Waals surface area contributed by atoms with E-state index in [0.29, 0.717) is 10.9 Å². The lowest BCUT2D eigenvalue weighted by Crippen LogP contribution is -2.48. The molecule has 0 N–H and O–H groups in total. The molecule has 4 aliphatic rings. The Hall–Kier alpha value is 1.75. The van der Waals surface area contributed by atoms with Crippen LogP contribution >= 0.6 is 58.8 Å². The van der Waals surface area contributed by atoms with E-state index in [1.807, 2.05) is 0 Å². The SMILES string of the molecule is CC12CC3S[C@@](C)(S1)S[C@](C)(S3)S2. The van der Waals surface area contributed by atoms with E-state index in [1.54, 1.807) is 0 Å². The van der Waals surface area contributed by atoms with Crippen LogP contribution in [0.1, 0.15) is 27.2 Å². The Morgan fingerprint density at radius 2 is 1.46 bits per heavy atom. The molecule has 5 heteroatoms. The summed E-state index contributed by atoms with van der Waals surface area (Å²) in [4.78, 5) is 0. The van der Waals surface area contributed by atoms with Gasteiger partial charge < -0.3 is 0 Å². The predicted molar refractivity (Wildman–Crippen MR) is 71.6 cm³/mol. The van der Waals surface area contributed by atoms with Crippen molar-refractivity contribution in [1.82, 2.24) is 0 Å². The van der Waals surface area contributed by atoms with E-state index in [1.165, 1.54) is 6.42 Å². The minimum absolute atomic E-state index is 0.433. The first-order valence-corrected chi connectivity index (χ1v) is 8.57. The van der Waals surface area contributed by atoms with Crippen LogP contribution in [0, 0.1) is 0 Å². The van der Waals surface area contributed by atoms with E-state index in [0.717, 1.165) is 4.58 Å². The Bertz CT molecular complexity index is 214. The van der Waals surface area contributed by atoms with Gasteiger partial charge in [0.2, 0.25) is 0 Å². The molecular weight excluding hydrogens is 256 g/mol. The van der Waals surface area contributed by atoms with Crippen LogP contribution in [-0.2, 0) is 0 Å². The third-order valence-electron chi connectivity index (χ3n) is 2.40. The van der Waals surface area contributed by atoms with Crippen molar-refractivity contribution in [1.29, 1.82) is 0 Å². The second-order valence-electron chi connectivity index (χ2n) is 4.03. The van der Waals surface area contributed by atoms with E-state index >= 15 is 0 Å². The third kappa shape index (κ3) is 1.57. The average molecular weight is 269 g/mol. The fourth-order valence-electron chi connectivity index (χ4n) is 2.25. The van der Waals surface area contributed by atoms with Crippen LogP contribution in [0.15, 0.2) is 0 Å². The van der Waals surface area contributed by atoms with Gasteiger partial charge in [0, 0.05) is 0 Å². The molecule has 0 spiro atoms. The van der Waals surface area contributed by atoms with Gasteiger partial charge in [0.05, 0.1) is 8.66 Å². The summed E-state index contributed by atoms with van der Waals surface area (Å²) in [6.07, 6.45) is 1.38. The monoisotopic (exact) mass is 268 g/mol. The second-order valence-corrected chi connectivity index (χ2v) is 15.1. The zero-order chi connectivity index (χ0) is 9.32. The Kier molecular flexibility index (Phi) is 2.07. The summed E-state index contributed by atoms with van der Waals surface area (Å²) >= 11 is 10.9. The molecule has 0 aromatic carbocycles. The highest BCUT2D eigenvalue weighted by Crippen LogP contribution is 2.81. The van der Waals surface area contributed by atoms with Gasteiger partial charge in [0.1, 0.15) is 6.82 Å². The van der Waals surface area contributed by atoms with E-state index in [4.69, 9.17) is 0 Å². The van der Waals surface area contributed by atoms with E-state index < -0.39 is 0 Å². The summed E-state index contributed by atoms with van der Waals surface area (Å²) in [6.45, 7) is 7.26. The molecule has 0 aromatic heterocycles. The molecule has 4 heterocycles. The molecule has 74 valence electrons. The number of thioether (sulfide) groups is 5. The summed E-state index contributed by atoms with van der Waals surface area (Å²) in [5.41, 5.74) is 0. The van der Waals surface area contributed by atoms with Crippen molar-refractivity contribution in [3.8, 4) is 0 Å². The van der Waals surface area contributed by atoms with Gasteiger partial charge in [-0.1, -0.05) is 0 Å². The first-order chi connectivity index (χ1) is 5.91. The molecule has 4 fully saturated rings. The zero-order valence-corrected chi connectivity index (χ0v) is 11.9. The highest BCUT2D eigenvalue weighted by atomic mass is 32.3. The van der Waals surface area contributed by atoms with Gasteiger partial charge in [-0.3, -0.25) is 0 Å². The van der Waals surface area contributed by atoms with Gasteiger partial charge in [-0.05, 0) is 27.2 Å². The number of rotatable bonds is 0. The third-order valence-corrected chi connectivity index (χ3v) is 11.0. The molecule has 4 bridgehead atoms. The fraction of sp³-hybridized carbons (Fsp3) is 1.00. The van der Waals surface area contributed by atoms with Gasteiger partial charge >= 0.3 is 0 Å². The van der Waals surface area contributed by atoms with Crippen molar-refractivity contribution < 1.29 is 0 Å². The molecule has 4 rings (SSSR count). The predicted octanol–water partition coefficient (Wildman–Crippen LogP) is 4.47. The molecule has 13 heavy (non-hydrogen) atoms. The summed E-state index contributed by atoms with van der Waals surface area (Å²) in [6, 6.07) is 0. The Morgan fingerprint density at radius 3 is 1.85 bits per heavy atom. The zero-order valence-electron chi connectivity index (χ0n) is 7.83. The maximum atomic E-state index is 2.44. The lowest BCUT2D eigenvalue weighted by molar-refractivity contribution is 0.796. The van der Waals surface area contributed by atoms with Gasteiger partial charge in [0.15, 0.2) is 0 Å². The van der Waals surface area contributed by atoms with Gasteiger partial charge in [-0.15, -0.1) is 58.8 Å². The Labute approximate surface area is 101 Å². The van der Waals surface area contributed by atoms with Crippen molar-refractivity contribution in [2.45, 2.75) is 42.7 Å². The van der Waals surface area contributed by atoms with E-state index in [9.17, 15) is 0 Å². The largest absolute Gasteiger partial charge is 0.119 e. The molecule has 4 atom stereocenters. The van der Waals surface area contributed by atoms with Crippen LogP contribution in [0.25, 0.3) is 0 Å². The molecule has 0 nitrogen and oxygen atoms in total. The van der Waals surface area contributed by atoms with Crippen molar-refractivity contribution in [2.75, 3.05) is 0 Å². The summed E-state index contributed by atoms with van der Waals surface area (Å²) in [5.74, 6) is 0. The fourth-order valence-corrected chi connectivity index (χ4v) is 18.4. The minimum atomic E-state index is 0.433. The van der Waals surface area contributed by atoms with Crippen LogP contribution < -0.4 is 0 Å². The molecule has 0 aliphatic carbocycles. The molecule has 0 amide bonds. The molecular formula is C8H12S5. The smallest absolute Gasteiger partial charge is 0.108 e. The normalized spacial score (nSPS) is 64.4. The van der Waals surface area contributed by atoms with Crippen molar-refractivity contribution >= 4 is 58.8 Å². The molecule has 4 aliphatic heterocycles.